The van der Waals surface area contributed by atoms with Crippen molar-refractivity contribution in [3.8, 4) is 5.75 Å². The zero-order valence-corrected chi connectivity index (χ0v) is 15.8. The Morgan fingerprint density at radius 2 is 2.00 bits per heavy atom. The molecule has 0 radical (unpaired) electrons. The molecule has 0 saturated heterocycles. The summed E-state index contributed by atoms with van der Waals surface area (Å²) in [6.45, 7) is 4.93. The van der Waals surface area contributed by atoms with Crippen LogP contribution in [0.1, 0.15) is 30.0 Å². The zero-order chi connectivity index (χ0) is 18.1. The number of pyridine rings is 1. The zero-order valence-electron chi connectivity index (χ0n) is 15.8. The lowest BCUT2D eigenvalue weighted by atomic mass is 10.1. The van der Waals surface area contributed by atoms with Crippen LogP contribution in [0.3, 0.4) is 0 Å². The Bertz CT molecular complexity index is 912. The average molecular weight is 353 g/mol. The second-order valence-corrected chi connectivity index (χ2v) is 7.45. The van der Waals surface area contributed by atoms with Crippen LogP contribution in [0.25, 0.3) is 21.8 Å². The van der Waals surface area contributed by atoms with Crippen LogP contribution in [-0.2, 0) is 4.74 Å². The van der Waals surface area contributed by atoms with Gasteiger partial charge in [0.1, 0.15) is 12.4 Å². The third-order valence-corrected chi connectivity index (χ3v) is 4.97. The van der Waals surface area contributed by atoms with Gasteiger partial charge in [0.15, 0.2) is 0 Å². The molecular weight excluding hydrogens is 326 g/mol. The lowest BCUT2D eigenvalue weighted by Crippen LogP contribution is -2.19. The van der Waals surface area contributed by atoms with Crippen LogP contribution < -0.4 is 4.74 Å². The molecule has 0 unspecified atom stereocenters. The molecule has 1 aliphatic rings. The molecule has 138 valence electrons. The average Bonchev–Trinajstić information content (AvgIpc) is 3.39. The highest BCUT2D eigenvalue weighted by molar-refractivity contribution is 6.09. The van der Waals surface area contributed by atoms with E-state index in [1.807, 2.05) is 20.3 Å². The number of aromatic amines is 1. The predicted molar refractivity (Wildman–Crippen MR) is 105 cm³/mol. The van der Waals surface area contributed by atoms with Crippen molar-refractivity contribution in [1.29, 1.82) is 0 Å². The number of benzene rings is 1. The van der Waals surface area contributed by atoms with E-state index in [-0.39, 0.29) is 0 Å². The minimum Gasteiger partial charge on any atom is -0.491 e. The van der Waals surface area contributed by atoms with Gasteiger partial charge >= 0.3 is 0 Å². The van der Waals surface area contributed by atoms with Crippen molar-refractivity contribution in [2.75, 3.05) is 40.5 Å². The topological polar surface area (TPSA) is 50.4 Å². The number of aryl methyl sites for hydroxylation is 1. The van der Waals surface area contributed by atoms with Crippen LogP contribution in [0, 0.1) is 6.92 Å². The Labute approximate surface area is 154 Å². The van der Waals surface area contributed by atoms with Gasteiger partial charge in [-0.15, -0.1) is 0 Å². The van der Waals surface area contributed by atoms with Crippen molar-refractivity contribution < 1.29 is 9.47 Å². The number of nitrogens with one attached hydrogen (secondary N) is 1. The molecule has 0 aliphatic heterocycles. The second kappa shape index (κ2) is 7.25. The largest absolute Gasteiger partial charge is 0.491 e. The Morgan fingerprint density at radius 1 is 1.15 bits per heavy atom. The molecule has 26 heavy (non-hydrogen) atoms. The Morgan fingerprint density at radius 3 is 2.77 bits per heavy atom. The van der Waals surface area contributed by atoms with Crippen molar-refractivity contribution in [2.45, 2.75) is 25.7 Å². The molecule has 0 atom stereocenters. The van der Waals surface area contributed by atoms with Crippen LogP contribution in [0.4, 0.5) is 0 Å². The van der Waals surface area contributed by atoms with Crippen LogP contribution >= 0.6 is 0 Å². The molecule has 0 spiro atoms. The van der Waals surface area contributed by atoms with E-state index in [1.54, 1.807) is 0 Å². The van der Waals surface area contributed by atoms with Crippen molar-refractivity contribution in [2.24, 2.45) is 0 Å². The SMILES string of the molecule is Cc1cc2c(cc1OCCOCCN(C)C)[nH]c1ccnc(C3CC3)c12. The number of ether oxygens (including phenoxy) is 2. The van der Waals surface area contributed by atoms with Gasteiger partial charge in [-0.05, 0) is 51.6 Å². The minimum atomic E-state index is 0.564. The summed E-state index contributed by atoms with van der Waals surface area (Å²) in [5.74, 6) is 1.55. The maximum absolute atomic E-state index is 5.96. The summed E-state index contributed by atoms with van der Waals surface area (Å²) in [5, 5.41) is 2.54. The predicted octanol–water partition coefficient (Wildman–Crippen LogP) is 3.86. The van der Waals surface area contributed by atoms with Gasteiger partial charge in [-0.25, -0.2) is 0 Å². The fraction of sp³-hybridized carbons (Fsp3) is 0.476. The quantitative estimate of drug-likeness (QED) is 0.625. The third-order valence-electron chi connectivity index (χ3n) is 4.97. The molecule has 2 heterocycles. The second-order valence-electron chi connectivity index (χ2n) is 7.45. The number of rotatable bonds is 8. The van der Waals surface area contributed by atoms with Gasteiger partial charge in [0.05, 0.1) is 24.4 Å². The molecule has 5 nitrogen and oxygen atoms in total. The molecule has 4 rings (SSSR count). The summed E-state index contributed by atoms with van der Waals surface area (Å²) in [6, 6.07) is 6.40. The number of nitrogens with zero attached hydrogens (tertiary/aromatic N) is 2. The maximum atomic E-state index is 5.96. The number of hydrogen-bond acceptors (Lipinski definition) is 4. The smallest absolute Gasteiger partial charge is 0.124 e. The van der Waals surface area contributed by atoms with Crippen molar-refractivity contribution in [3.63, 3.8) is 0 Å². The van der Waals surface area contributed by atoms with E-state index in [1.165, 1.54) is 34.8 Å². The molecule has 1 aromatic carbocycles. The summed E-state index contributed by atoms with van der Waals surface area (Å²) < 4.78 is 11.6. The molecule has 1 N–H and O–H groups in total. The lowest BCUT2D eigenvalue weighted by Gasteiger charge is -2.12. The fourth-order valence-electron chi connectivity index (χ4n) is 3.39. The van der Waals surface area contributed by atoms with E-state index in [0.717, 1.165) is 30.0 Å². The minimum absolute atomic E-state index is 0.564. The monoisotopic (exact) mass is 353 g/mol. The Hall–Kier alpha value is -2.11. The highest BCUT2D eigenvalue weighted by Gasteiger charge is 2.28. The Balaban J connectivity index is 1.51. The van der Waals surface area contributed by atoms with E-state index >= 15 is 0 Å². The van der Waals surface area contributed by atoms with Crippen molar-refractivity contribution >= 4 is 21.8 Å². The van der Waals surface area contributed by atoms with Crippen LogP contribution in [0.15, 0.2) is 24.4 Å². The van der Waals surface area contributed by atoms with Gasteiger partial charge < -0.3 is 19.4 Å². The molecule has 1 aliphatic carbocycles. The molecule has 3 aromatic rings. The highest BCUT2D eigenvalue weighted by Crippen LogP contribution is 2.44. The van der Waals surface area contributed by atoms with E-state index in [0.29, 0.717) is 19.1 Å². The first kappa shape index (κ1) is 17.3. The summed E-state index contributed by atoms with van der Waals surface area (Å²) >= 11 is 0. The fourth-order valence-corrected chi connectivity index (χ4v) is 3.39. The number of fused-ring (bicyclic) bond motifs is 3. The van der Waals surface area contributed by atoms with Gasteiger partial charge in [0.2, 0.25) is 0 Å². The molecular formula is C21H27N3O2. The van der Waals surface area contributed by atoms with Crippen LogP contribution in [0.2, 0.25) is 0 Å². The molecule has 2 aromatic heterocycles. The van der Waals surface area contributed by atoms with Gasteiger partial charge in [0.25, 0.3) is 0 Å². The first-order chi connectivity index (χ1) is 12.6. The van der Waals surface area contributed by atoms with Gasteiger partial charge in [0, 0.05) is 41.0 Å². The van der Waals surface area contributed by atoms with E-state index in [2.05, 4.69) is 40.0 Å². The summed E-state index contributed by atoms with van der Waals surface area (Å²) in [6.07, 6.45) is 4.43. The maximum Gasteiger partial charge on any atom is 0.124 e. The van der Waals surface area contributed by atoms with Gasteiger partial charge in [-0.2, -0.15) is 0 Å². The van der Waals surface area contributed by atoms with Crippen molar-refractivity contribution in [1.82, 2.24) is 14.9 Å². The lowest BCUT2D eigenvalue weighted by molar-refractivity contribution is 0.0888. The molecule has 0 amide bonds. The number of H-pyrrole nitrogens is 1. The normalized spacial score (nSPS) is 14.6. The van der Waals surface area contributed by atoms with Crippen molar-refractivity contribution in [3.05, 3.63) is 35.7 Å². The summed E-state index contributed by atoms with van der Waals surface area (Å²) in [7, 11) is 4.09. The Kier molecular flexibility index (Phi) is 4.83. The number of hydrogen-bond donors (Lipinski definition) is 1. The van der Waals surface area contributed by atoms with Gasteiger partial charge in [-0.3, -0.25) is 4.98 Å². The first-order valence-electron chi connectivity index (χ1n) is 9.39. The number of aromatic nitrogens is 2. The molecule has 1 fully saturated rings. The van der Waals surface area contributed by atoms with E-state index in [9.17, 15) is 0 Å². The standard InChI is InChI=1S/C21H27N3O2/c1-14-12-16-18(13-19(14)26-11-10-25-9-8-24(2)3)23-17-6-7-22-21(20(16)17)15-4-5-15/h6-7,12-13,15,23H,4-5,8-11H2,1-3H3. The summed E-state index contributed by atoms with van der Waals surface area (Å²) in [5.41, 5.74) is 4.68. The van der Waals surface area contributed by atoms with Gasteiger partial charge in [-0.1, -0.05) is 0 Å². The molecule has 5 heteroatoms. The number of likely N-dealkylation sites (N-methyl/N-ethyl adjacent to an activating group) is 1. The first-order valence-corrected chi connectivity index (χ1v) is 9.39. The van der Waals surface area contributed by atoms with E-state index in [4.69, 9.17) is 9.47 Å². The third kappa shape index (κ3) is 3.55. The summed E-state index contributed by atoms with van der Waals surface area (Å²) in [4.78, 5) is 10.3. The molecule has 1 saturated carbocycles. The molecule has 0 bridgehead atoms. The van der Waals surface area contributed by atoms with Crippen LogP contribution in [-0.4, -0.2) is 55.3 Å². The highest BCUT2D eigenvalue weighted by atomic mass is 16.5. The van der Waals surface area contributed by atoms with Crippen LogP contribution in [0.5, 0.6) is 5.75 Å². The van der Waals surface area contributed by atoms with E-state index < -0.39 is 0 Å².